The lowest BCUT2D eigenvalue weighted by Crippen LogP contribution is -2.72. The van der Waals surface area contributed by atoms with Crippen molar-refractivity contribution >= 4 is 59.9 Å². The Bertz CT molecular complexity index is 1040. The summed E-state index contributed by atoms with van der Waals surface area (Å²) in [5.74, 6) is 0. The predicted octanol–water partition coefficient (Wildman–Crippen LogP) is 13.9. The third-order valence-corrected chi connectivity index (χ3v) is 47.6. The molecule has 0 spiro atoms. The van der Waals surface area contributed by atoms with Gasteiger partial charge in [0.25, 0.3) is 0 Å². The molecule has 0 aliphatic carbocycles. The van der Waals surface area contributed by atoms with E-state index in [-0.39, 0.29) is 38.8 Å². The van der Waals surface area contributed by atoms with E-state index in [9.17, 15) is 0 Å². The molecule has 56 heavy (non-hydrogen) atoms. The summed E-state index contributed by atoms with van der Waals surface area (Å²) in [6, 6.07) is 0. The molecule has 1 aliphatic heterocycles. The van der Waals surface area contributed by atoms with Crippen molar-refractivity contribution in [2.24, 2.45) is 0 Å². The maximum Gasteiger partial charge on any atom is 0.350 e. The van der Waals surface area contributed by atoms with Crippen LogP contribution in [0.5, 0.6) is 0 Å². The van der Waals surface area contributed by atoms with E-state index in [2.05, 4.69) is 143 Å². The van der Waals surface area contributed by atoms with E-state index in [0.717, 1.165) is 44.9 Å². The molecule has 1 saturated heterocycles. The Morgan fingerprint density at radius 1 is 0.268 bits per heavy atom. The Hall–Kier alpha value is -0.582. The van der Waals surface area contributed by atoms with Crippen molar-refractivity contribution in [3.05, 3.63) is 85.9 Å². The van der Waals surface area contributed by atoms with Gasteiger partial charge >= 0.3 is 59.9 Å². The van der Waals surface area contributed by atoms with Crippen LogP contribution < -0.4 is 0 Å². The molecule has 0 saturated carbocycles. The van der Waals surface area contributed by atoms with E-state index in [4.69, 9.17) is 28.8 Å². The molecule has 7 nitrogen and oxygen atoms in total. The van der Waals surface area contributed by atoms with Gasteiger partial charge < -0.3 is 28.8 Å². The van der Waals surface area contributed by atoms with Crippen LogP contribution in [0.25, 0.3) is 0 Å². The van der Waals surface area contributed by atoms with Gasteiger partial charge in [0.15, 0.2) is 0 Å². The lowest BCUT2D eigenvalue weighted by molar-refractivity contribution is 0.213. The predicted molar refractivity (Wildman–Crippen MR) is 257 cm³/mol. The van der Waals surface area contributed by atoms with Crippen molar-refractivity contribution in [2.75, 3.05) is 0 Å². The van der Waals surface area contributed by atoms with Gasteiger partial charge in [0.2, 0.25) is 0 Å². The van der Waals surface area contributed by atoms with Crippen molar-refractivity contribution < 1.29 is 28.8 Å². The first kappa shape index (κ1) is 53.4. The summed E-state index contributed by atoms with van der Waals surface area (Å²) in [5.41, 5.74) is 13.6. The van der Waals surface area contributed by atoms with Crippen LogP contribution in [0.15, 0.2) is 85.9 Å². The van der Waals surface area contributed by atoms with Crippen molar-refractivity contribution in [2.45, 2.75) is 181 Å². The zero-order chi connectivity index (χ0) is 43.4. The lowest BCUT2D eigenvalue weighted by atomic mass is 10.4. The largest absolute Gasteiger partial charge is 0.409 e. The maximum absolute atomic E-state index is 7.87. The van der Waals surface area contributed by atoms with Crippen LogP contribution in [0.1, 0.15) is 142 Å². The highest BCUT2D eigenvalue weighted by molar-refractivity contribution is 7.01. The minimum absolute atomic E-state index is 0.0210. The van der Waals surface area contributed by atoms with Gasteiger partial charge in [-0.25, -0.2) is 0 Å². The van der Waals surface area contributed by atoms with Gasteiger partial charge in [-0.1, -0.05) is 182 Å². The summed E-state index contributed by atoms with van der Waals surface area (Å²) < 4.78 is 55.1. The summed E-state index contributed by atoms with van der Waals surface area (Å²) >= 11 is 0. The van der Waals surface area contributed by atoms with Gasteiger partial charge in [-0.15, -0.1) is 46.1 Å². The fourth-order valence-electron chi connectivity index (χ4n) is 7.28. The molecule has 0 amide bonds. The molecule has 0 N–H and O–H groups in total. The normalized spacial score (nSPS) is 37.2. The van der Waals surface area contributed by atoms with Gasteiger partial charge in [0.1, 0.15) is 0 Å². The van der Waals surface area contributed by atoms with Crippen LogP contribution in [0, 0.1) is 0 Å². The first-order valence-corrected chi connectivity index (χ1v) is 35.4. The van der Waals surface area contributed by atoms with Gasteiger partial charge in [-0.2, -0.15) is 0 Å². The Morgan fingerprint density at radius 3 is 0.411 bits per heavy atom. The number of hydrogen-bond acceptors (Lipinski definition) is 7. The Morgan fingerprint density at radius 2 is 0.357 bits per heavy atom. The van der Waals surface area contributed by atoms with Crippen LogP contribution >= 0.6 is 0 Å². The molecule has 7 unspecified atom stereocenters. The van der Waals surface area contributed by atoms with Crippen LogP contribution in [0.3, 0.4) is 0 Å². The molecule has 14 heteroatoms. The summed E-state index contributed by atoms with van der Waals surface area (Å²) in [4.78, 5) is 0. The quantitative estimate of drug-likeness (QED) is 0.106. The molecule has 0 bridgehead atoms. The van der Waals surface area contributed by atoms with Gasteiger partial charge in [0.05, 0.1) is 0 Å². The highest BCUT2D eigenvalue weighted by Gasteiger charge is 2.66. The first-order valence-electron chi connectivity index (χ1n) is 21.6. The van der Waals surface area contributed by atoms with Crippen molar-refractivity contribution in [3.63, 3.8) is 0 Å². The van der Waals surface area contributed by atoms with Crippen LogP contribution in [0.4, 0.5) is 0 Å². The Balaban J connectivity index is 5.05. The van der Waals surface area contributed by atoms with Crippen LogP contribution in [-0.2, 0) is 28.8 Å². The van der Waals surface area contributed by atoms with E-state index in [1.807, 2.05) is 39.9 Å². The summed E-state index contributed by atoms with van der Waals surface area (Å²) in [5, 5.41) is 0. The molecule has 1 heterocycles. The molecule has 0 aromatic carbocycles. The molecule has 1 rings (SSSR count). The molecule has 0 aromatic rings. The standard InChI is InChI=1S/C42H84O7Si7/c1-22-36(15)50(29-8)43-51(30-9,37(16)23-2)45-53(32-11,39(18)25-4)47-55(34-13,41(20)27-6)49-56(35-14,42(21)28-7)48-54(33-12,40(19)26-5)46-52(31-10,44-50)38(17)24-3/h29-42H,8-14,22-28H2,1-7,15-21H3. The highest BCUT2D eigenvalue weighted by Crippen LogP contribution is 2.50. The van der Waals surface area contributed by atoms with E-state index in [1.165, 1.54) is 0 Å². The van der Waals surface area contributed by atoms with Gasteiger partial charge in [0, 0.05) is 38.8 Å². The average molecular weight is 898 g/mol. The van der Waals surface area contributed by atoms with Gasteiger partial charge in [-0.3, -0.25) is 0 Å². The van der Waals surface area contributed by atoms with Crippen molar-refractivity contribution in [3.8, 4) is 0 Å². The molecule has 0 radical (unpaired) electrons. The lowest BCUT2D eigenvalue weighted by Gasteiger charge is -2.55. The molecule has 0 aromatic heterocycles. The molecule has 322 valence electrons. The molecule has 7 atom stereocenters. The Labute approximate surface area is 353 Å². The fraction of sp³-hybridized carbons (Fsp3) is 0.667. The summed E-state index contributed by atoms with van der Waals surface area (Å²) in [7, 11) is -24.6. The third kappa shape index (κ3) is 10.5. The minimum atomic E-state index is -3.51. The molecule has 1 aliphatic rings. The van der Waals surface area contributed by atoms with E-state index < -0.39 is 59.9 Å². The zero-order valence-electron chi connectivity index (χ0n) is 38.3. The van der Waals surface area contributed by atoms with Gasteiger partial charge in [-0.05, 0) is 0 Å². The second-order valence-corrected chi connectivity index (χ2v) is 41.9. The monoisotopic (exact) mass is 896 g/mol. The average Bonchev–Trinajstić information content (AvgIpc) is 3.24. The first-order chi connectivity index (χ1) is 26.2. The topological polar surface area (TPSA) is 64.6 Å². The van der Waals surface area contributed by atoms with E-state index in [1.54, 1.807) is 0 Å². The molecular formula is C42H84O7Si7. The number of hydrogen-bond donors (Lipinski definition) is 0. The molecular weight excluding hydrogens is 813 g/mol. The molecule has 1 fully saturated rings. The Kier molecular flexibility index (Phi) is 21.3. The smallest absolute Gasteiger partial charge is 0.350 e. The van der Waals surface area contributed by atoms with Crippen molar-refractivity contribution in [1.82, 2.24) is 0 Å². The van der Waals surface area contributed by atoms with Crippen molar-refractivity contribution in [1.29, 1.82) is 0 Å². The van der Waals surface area contributed by atoms with E-state index in [0.29, 0.717) is 0 Å². The SMILES string of the molecule is C=C[Si]1(C(C)CC)O[Si](C=C)(C(C)CC)O[Si](C=C)(C(C)CC)O[Si](C=C)(C(C)CC)O[Si](C=C)(C(C)CC)O[Si](C=C)(C(C)CC)O[Si](C=C)(C(C)CC)O1. The second-order valence-electron chi connectivity index (χ2n) is 16.4. The summed E-state index contributed by atoms with van der Waals surface area (Å²) in [6.45, 7) is 62.4. The summed E-state index contributed by atoms with van der Waals surface area (Å²) in [6.07, 6.45) is 5.61. The van der Waals surface area contributed by atoms with Crippen LogP contribution in [0.2, 0.25) is 38.8 Å². The van der Waals surface area contributed by atoms with E-state index >= 15 is 0 Å². The third-order valence-electron chi connectivity index (χ3n) is 13.3. The number of rotatable bonds is 21. The zero-order valence-corrected chi connectivity index (χ0v) is 45.3. The fourth-order valence-corrected chi connectivity index (χ4v) is 47.8. The second kappa shape index (κ2) is 22.3. The highest BCUT2D eigenvalue weighted by atomic mass is 28.5. The maximum atomic E-state index is 7.87. The minimum Gasteiger partial charge on any atom is -0.409 e. The van der Waals surface area contributed by atoms with Crippen LogP contribution in [-0.4, -0.2) is 59.9 Å².